The van der Waals surface area contributed by atoms with Gasteiger partial charge in [-0.1, -0.05) is 41.9 Å². The Hall–Kier alpha value is -4.10. The number of pyridine rings is 1. The normalized spacial score (nSPS) is 11.0. The number of hydrogen-bond donors (Lipinski definition) is 3. The highest BCUT2D eigenvalue weighted by Gasteiger charge is 2.18. The number of urea groups is 1. The van der Waals surface area contributed by atoms with Crippen LogP contribution in [0.2, 0.25) is 5.02 Å². The zero-order valence-corrected chi connectivity index (χ0v) is 18.6. The van der Waals surface area contributed by atoms with Gasteiger partial charge in [-0.2, -0.15) is 5.10 Å². The molecular formula is C25H21ClN6O. The van der Waals surface area contributed by atoms with Crippen molar-refractivity contribution in [2.75, 3.05) is 10.6 Å². The van der Waals surface area contributed by atoms with E-state index in [1.807, 2.05) is 78.5 Å². The molecule has 0 unspecified atom stereocenters. The van der Waals surface area contributed by atoms with Crippen molar-refractivity contribution in [3.8, 4) is 22.4 Å². The Kier molecular flexibility index (Phi) is 5.54. The quantitative estimate of drug-likeness (QED) is 0.285. The highest BCUT2D eigenvalue weighted by Crippen LogP contribution is 2.38. The molecule has 3 N–H and O–H groups in total. The first kappa shape index (κ1) is 20.8. The van der Waals surface area contributed by atoms with E-state index in [0.717, 1.165) is 45.6 Å². The molecule has 0 aliphatic rings. The number of aromatic nitrogens is 4. The van der Waals surface area contributed by atoms with Gasteiger partial charge in [0.2, 0.25) is 0 Å². The third-order valence-electron chi connectivity index (χ3n) is 5.33. The SMILES string of the molecule is CCn1cc(-c2ccnc3[nH]cc(Cl)c23)c(-c2cccc(NC(=O)Nc3ccccc3)c2)n1. The summed E-state index contributed by atoms with van der Waals surface area (Å²) in [7, 11) is 0. The van der Waals surface area contributed by atoms with Gasteiger partial charge in [0.1, 0.15) is 11.3 Å². The number of halogens is 1. The van der Waals surface area contributed by atoms with E-state index >= 15 is 0 Å². The molecule has 0 bridgehead atoms. The molecule has 3 heterocycles. The van der Waals surface area contributed by atoms with Crippen LogP contribution in [0.25, 0.3) is 33.4 Å². The molecule has 5 aromatic rings. The number of aryl methyl sites for hydroxylation is 1. The lowest BCUT2D eigenvalue weighted by atomic mass is 10.00. The molecule has 2 amide bonds. The van der Waals surface area contributed by atoms with Crippen molar-refractivity contribution < 1.29 is 4.79 Å². The summed E-state index contributed by atoms with van der Waals surface area (Å²) < 4.78 is 1.89. The van der Waals surface area contributed by atoms with Gasteiger partial charge in [-0.25, -0.2) is 9.78 Å². The molecule has 3 aromatic heterocycles. The van der Waals surface area contributed by atoms with E-state index in [2.05, 4.69) is 20.6 Å². The number of carbonyl (C=O) groups is 1. The minimum Gasteiger partial charge on any atom is -0.345 e. The Morgan fingerprint density at radius 1 is 1.03 bits per heavy atom. The molecule has 33 heavy (non-hydrogen) atoms. The third-order valence-corrected chi connectivity index (χ3v) is 5.62. The Morgan fingerprint density at radius 2 is 1.82 bits per heavy atom. The summed E-state index contributed by atoms with van der Waals surface area (Å²) in [5, 5.41) is 12.0. The maximum atomic E-state index is 12.5. The van der Waals surface area contributed by atoms with Gasteiger partial charge < -0.3 is 15.6 Å². The van der Waals surface area contributed by atoms with Crippen LogP contribution in [0.3, 0.4) is 0 Å². The molecule has 0 aliphatic heterocycles. The first-order valence-electron chi connectivity index (χ1n) is 10.6. The van der Waals surface area contributed by atoms with E-state index in [0.29, 0.717) is 10.7 Å². The van der Waals surface area contributed by atoms with Crippen LogP contribution >= 0.6 is 11.6 Å². The second kappa shape index (κ2) is 8.80. The highest BCUT2D eigenvalue weighted by molar-refractivity contribution is 6.36. The number of fused-ring (bicyclic) bond motifs is 1. The Balaban J connectivity index is 1.51. The number of hydrogen-bond acceptors (Lipinski definition) is 3. The van der Waals surface area contributed by atoms with Gasteiger partial charge in [-0.15, -0.1) is 0 Å². The molecule has 0 spiro atoms. The molecule has 164 valence electrons. The number of para-hydroxylation sites is 1. The van der Waals surface area contributed by atoms with E-state index < -0.39 is 0 Å². The number of H-pyrrole nitrogens is 1. The van der Waals surface area contributed by atoms with Crippen LogP contribution in [0.5, 0.6) is 0 Å². The summed E-state index contributed by atoms with van der Waals surface area (Å²) in [5.74, 6) is 0. The minimum absolute atomic E-state index is 0.312. The van der Waals surface area contributed by atoms with Gasteiger partial charge >= 0.3 is 6.03 Å². The number of amides is 2. The highest BCUT2D eigenvalue weighted by atomic mass is 35.5. The van der Waals surface area contributed by atoms with Crippen LogP contribution in [0, 0.1) is 0 Å². The summed E-state index contributed by atoms with van der Waals surface area (Å²) in [5.41, 5.74) is 5.68. The molecule has 0 radical (unpaired) electrons. The number of rotatable bonds is 5. The van der Waals surface area contributed by atoms with Crippen LogP contribution in [-0.2, 0) is 6.54 Å². The fraction of sp³-hybridized carbons (Fsp3) is 0.0800. The Bertz CT molecular complexity index is 1440. The predicted molar refractivity (Wildman–Crippen MR) is 133 cm³/mol. The molecule has 0 aliphatic carbocycles. The molecule has 2 aromatic carbocycles. The van der Waals surface area contributed by atoms with Crippen LogP contribution in [0.15, 0.2) is 79.3 Å². The molecule has 0 saturated heterocycles. The van der Waals surface area contributed by atoms with Crippen molar-refractivity contribution in [3.63, 3.8) is 0 Å². The van der Waals surface area contributed by atoms with E-state index in [1.54, 1.807) is 12.4 Å². The number of carbonyl (C=O) groups excluding carboxylic acids is 1. The van der Waals surface area contributed by atoms with Crippen LogP contribution in [0.1, 0.15) is 6.92 Å². The largest absolute Gasteiger partial charge is 0.345 e. The average molecular weight is 457 g/mol. The van der Waals surface area contributed by atoms with Crippen molar-refractivity contribution >= 4 is 40.0 Å². The van der Waals surface area contributed by atoms with Crippen molar-refractivity contribution in [1.29, 1.82) is 0 Å². The average Bonchev–Trinajstić information content (AvgIpc) is 3.44. The lowest BCUT2D eigenvalue weighted by molar-refractivity contribution is 0.262. The number of aromatic amines is 1. The molecular weight excluding hydrogens is 436 g/mol. The van der Waals surface area contributed by atoms with Crippen molar-refractivity contribution in [3.05, 3.63) is 84.3 Å². The first-order valence-corrected chi connectivity index (χ1v) is 10.9. The third kappa shape index (κ3) is 4.18. The summed E-state index contributed by atoms with van der Waals surface area (Å²) in [6, 6.07) is 18.6. The number of nitrogens with one attached hydrogen (secondary N) is 3. The number of nitrogens with zero attached hydrogens (tertiary/aromatic N) is 3. The maximum absolute atomic E-state index is 12.5. The smallest absolute Gasteiger partial charge is 0.323 e. The van der Waals surface area contributed by atoms with E-state index in [-0.39, 0.29) is 6.03 Å². The lowest BCUT2D eigenvalue weighted by Gasteiger charge is -2.09. The van der Waals surface area contributed by atoms with Crippen LogP contribution in [0.4, 0.5) is 16.2 Å². The van der Waals surface area contributed by atoms with Gasteiger partial charge in [0.15, 0.2) is 0 Å². The Morgan fingerprint density at radius 3 is 2.64 bits per heavy atom. The zero-order valence-electron chi connectivity index (χ0n) is 17.8. The Labute approximate surface area is 195 Å². The fourth-order valence-corrected chi connectivity index (χ4v) is 4.04. The fourth-order valence-electron chi connectivity index (χ4n) is 3.79. The number of anilines is 2. The molecule has 0 saturated carbocycles. The number of benzene rings is 2. The molecule has 5 rings (SSSR count). The standard InChI is InChI=1S/C25H21ClN6O/c1-2-32-15-20(19-11-12-27-24-22(19)21(26)14-28-24)23(31-32)16-7-6-10-18(13-16)30-25(33)29-17-8-4-3-5-9-17/h3-15H,2H2,1H3,(H,27,28)(H2,29,30,33). The van der Waals surface area contributed by atoms with Gasteiger partial charge in [-0.05, 0) is 42.8 Å². The van der Waals surface area contributed by atoms with Gasteiger partial charge in [0.05, 0.1) is 5.02 Å². The topological polar surface area (TPSA) is 87.6 Å². The van der Waals surface area contributed by atoms with Crippen LogP contribution < -0.4 is 10.6 Å². The second-order valence-electron chi connectivity index (χ2n) is 7.49. The first-order chi connectivity index (χ1) is 16.1. The van der Waals surface area contributed by atoms with E-state index in [4.69, 9.17) is 16.7 Å². The molecule has 7 nitrogen and oxygen atoms in total. The second-order valence-corrected chi connectivity index (χ2v) is 7.90. The van der Waals surface area contributed by atoms with Crippen molar-refractivity contribution in [2.45, 2.75) is 13.5 Å². The van der Waals surface area contributed by atoms with Crippen LogP contribution in [-0.4, -0.2) is 25.8 Å². The van der Waals surface area contributed by atoms with Crippen molar-refractivity contribution in [1.82, 2.24) is 19.7 Å². The molecule has 8 heteroatoms. The zero-order chi connectivity index (χ0) is 22.8. The maximum Gasteiger partial charge on any atom is 0.323 e. The summed E-state index contributed by atoms with van der Waals surface area (Å²) >= 11 is 6.46. The minimum atomic E-state index is -0.312. The summed E-state index contributed by atoms with van der Waals surface area (Å²) in [4.78, 5) is 19.9. The van der Waals surface area contributed by atoms with Gasteiger partial charge in [0, 0.05) is 53.0 Å². The summed E-state index contributed by atoms with van der Waals surface area (Å²) in [6.45, 7) is 2.76. The summed E-state index contributed by atoms with van der Waals surface area (Å²) in [6.07, 6.45) is 5.50. The van der Waals surface area contributed by atoms with Crippen molar-refractivity contribution in [2.24, 2.45) is 0 Å². The van der Waals surface area contributed by atoms with Gasteiger partial charge in [0.25, 0.3) is 0 Å². The van der Waals surface area contributed by atoms with Gasteiger partial charge in [-0.3, -0.25) is 4.68 Å². The van der Waals surface area contributed by atoms with E-state index in [1.165, 1.54) is 0 Å². The molecule has 0 fully saturated rings. The van der Waals surface area contributed by atoms with E-state index in [9.17, 15) is 4.79 Å². The molecule has 0 atom stereocenters. The predicted octanol–water partition coefficient (Wildman–Crippen LogP) is 6.41. The lowest BCUT2D eigenvalue weighted by Crippen LogP contribution is -2.19. The monoisotopic (exact) mass is 456 g/mol.